The average molecular weight is 336 g/mol. The topological polar surface area (TPSA) is 51.0 Å². The van der Waals surface area contributed by atoms with E-state index in [-0.39, 0.29) is 5.91 Å². The molecule has 0 unspecified atom stereocenters. The van der Waals surface area contributed by atoms with Gasteiger partial charge in [-0.25, -0.2) is 9.67 Å². The second kappa shape index (κ2) is 7.05. The van der Waals surface area contributed by atoms with E-state index in [1.165, 1.54) is 0 Å². The van der Waals surface area contributed by atoms with E-state index in [1.54, 1.807) is 0 Å². The van der Waals surface area contributed by atoms with Crippen LogP contribution in [0.1, 0.15) is 42.5 Å². The molecule has 0 aliphatic rings. The standard InChI is InChI=1S/C20H24N4O/c1-5-15-13-17(20(25)23(6-2)7-3)18-14(4)22-24(19(18)21-15)16-11-9-8-10-12-16/h8-13H,5-7H2,1-4H3. The van der Waals surface area contributed by atoms with Crippen molar-refractivity contribution in [1.82, 2.24) is 19.7 Å². The minimum absolute atomic E-state index is 0.0443. The number of pyridine rings is 1. The molecular weight excluding hydrogens is 312 g/mol. The first-order valence-electron chi connectivity index (χ1n) is 8.84. The lowest BCUT2D eigenvalue weighted by atomic mass is 10.1. The Morgan fingerprint density at radius 2 is 1.80 bits per heavy atom. The van der Waals surface area contributed by atoms with E-state index in [0.29, 0.717) is 18.7 Å². The van der Waals surface area contributed by atoms with E-state index >= 15 is 0 Å². The zero-order chi connectivity index (χ0) is 18.0. The molecule has 2 heterocycles. The number of hydrogen-bond acceptors (Lipinski definition) is 3. The largest absolute Gasteiger partial charge is 0.339 e. The van der Waals surface area contributed by atoms with Gasteiger partial charge in [-0.2, -0.15) is 5.10 Å². The number of aryl methyl sites for hydroxylation is 2. The fourth-order valence-electron chi connectivity index (χ4n) is 3.12. The quantitative estimate of drug-likeness (QED) is 0.712. The Hall–Kier alpha value is -2.69. The lowest BCUT2D eigenvalue weighted by Crippen LogP contribution is -2.30. The maximum absolute atomic E-state index is 13.0. The highest BCUT2D eigenvalue weighted by atomic mass is 16.2. The summed E-state index contributed by atoms with van der Waals surface area (Å²) in [6.45, 7) is 9.37. The normalized spacial score (nSPS) is 11.0. The van der Waals surface area contributed by atoms with Crippen molar-refractivity contribution in [3.8, 4) is 5.69 Å². The number of amides is 1. The van der Waals surface area contributed by atoms with Gasteiger partial charge >= 0.3 is 0 Å². The van der Waals surface area contributed by atoms with Crippen LogP contribution >= 0.6 is 0 Å². The van der Waals surface area contributed by atoms with Crippen LogP contribution in [-0.4, -0.2) is 38.7 Å². The summed E-state index contributed by atoms with van der Waals surface area (Å²) in [4.78, 5) is 19.7. The van der Waals surface area contributed by atoms with Crippen molar-refractivity contribution >= 4 is 16.9 Å². The summed E-state index contributed by atoms with van der Waals surface area (Å²) < 4.78 is 1.84. The van der Waals surface area contributed by atoms with Crippen LogP contribution in [0.2, 0.25) is 0 Å². The summed E-state index contributed by atoms with van der Waals surface area (Å²) in [7, 11) is 0. The van der Waals surface area contributed by atoms with Gasteiger partial charge in [-0.1, -0.05) is 25.1 Å². The second-order valence-electron chi connectivity index (χ2n) is 6.02. The molecule has 5 heteroatoms. The molecule has 0 atom stereocenters. The van der Waals surface area contributed by atoms with Gasteiger partial charge in [0.2, 0.25) is 0 Å². The molecule has 25 heavy (non-hydrogen) atoms. The molecule has 0 saturated heterocycles. The van der Waals surface area contributed by atoms with Crippen molar-refractivity contribution in [3.05, 3.63) is 53.3 Å². The minimum atomic E-state index is 0.0443. The van der Waals surface area contributed by atoms with Gasteiger partial charge in [0.05, 0.1) is 22.3 Å². The van der Waals surface area contributed by atoms with Gasteiger partial charge in [0, 0.05) is 18.8 Å². The molecule has 5 nitrogen and oxygen atoms in total. The highest BCUT2D eigenvalue weighted by molar-refractivity contribution is 6.06. The third-order valence-electron chi connectivity index (χ3n) is 4.51. The molecule has 0 spiro atoms. The Bertz CT molecular complexity index is 895. The van der Waals surface area contributed by atoms with Crippen molar-refractivity contribution in [2.75, 3.05) is 13.1 Å². The van der Waals surface area contributed by atoms with Crippen LogP contribution in [0.25, 0.3) is 16.7 Å². The first-order valence-corrected chi connectivity index (χ1v) is 8.84. The number of hydrogen-bond donors (Lipinski definition) is 0. The minimum Gasteiger partial charge on any atom is -0.339 e. The Balaban J connectivity index is 2.28. The van der Waals surface area contributed by atoms with Crippen LogP contribution in [0.3, 0.4) is 0 Å². The molecule has 0 aliphatic heterocycles. The summed E-state index contributed by atoms with van der Waals surface area (Å²) in [5, 5.41) is 5.52. The van der Waals surface area contributed by atoms with Crippen LogP contribution in [0.15, 0.2) is 36.4 Å². The first-order chi connectivity index (χ1) is 12.1. The maximum atomic E-state index is 13.0. The van der Waals surface area contributed by atoms with E-state index in [1.807, 2.05) is 66.8 Å². The van der Waals surface area contributed by atoms with Crippen LogP contribution in [0, 0.1) is 6.92 Å². The molecule has 0 radical (unpaired) electrons. The van der Waals surface area contributed by atoms with Crippen LogP contribution in [0.5, 0.6) is 0 Å². The lowest BCUT2D eigenvalue weighted by molar-refractivity contribution is 0.0774. The number of nitrogens with zero attached hydrogens (tertiary/aromatic N) is 4. The molecule has 130 valence electrons. The molecule has 0 fully saturated rings. The van der Waals surface area contributed by atoms with E-state index in [4.69, 9.17) is 4.98 Å². The molecule has 0 N–H and O–H groups in total. The molecule has 0 bridgehead atoms. The Morgan fingerprint density at radius 3 is 2.40 bits per heavy atom. The van der Waals surface area contributed by atoms with Crippen molar-refractivity contribution in [2.24, 2.45) is 0 Å². The second-order valence-corrected chi connectivity index (χ2v) is 6.02. The Morgan fingerprint density at radius 1 is 1.12 bits per heavy atom. The number of para-hydroxylation sites is 1. The number of aromatic nitrogens is 3. The Labute approximate surface area is 148 Å². The van der Waals surface area contributed by atoms with Crippen molar-refractivity contribution in [1.29, 1.82) is 0 Å². The smallest absolute Gasteiger partial charge is 0.254 e. The predicted octanol–water partition coefficient (Wildman–Crippen LogP) is 3.77. The van der Waals surface area contributed by atoms with Gasteiger partial charge in [-0.05, 0) is 45.4 Å². The van der Waals surface area contributed by atoms with Gasteiger partial charge in [-0.3, -0.25) is 4.79 Å². The molecule has 0 aliphatic carbocycles. The molecular formula is C20H24N4O. The fourth-order valence-corrected chi connectivity index (χ4v) is 3.12. The van der Waals surface area contributed by atoms with Crippen molar-refractivity contribution < 1.29 is 4.79 Å². The lowest BCUT2D eigenvalue weighted by Gasteiger charge is -2.19. The fraction of sp³-hybridized carbons (Fsp3) is 0.350. The highest BCUT2D eigenvalue weighted by Crippen LogP contribution is 2.26. The third-order valence-corrected chi connectivity index (χ3v) is 4.51. The maximum Gasteiger partial charge on any atom is 0.254 e. The van der Waals surface area contributed by atoms with Gasteiger partial charge in [0.1, 0.15) is 0 Å². The van der Waals surface area contributed by atoms with Crippen molar-refractivity contribution in [3.63, 3.8) is 0 Å². The monoisotopic (exact) mass is 336 g/mol. The molecule has 1 amide bonds. The summed E-state index contributed by atoms with van der Waals surface area (Å²) in [5.41, 5.74) is 4.12. The van der Waals surface area contributed by atoms with Crippen LogP contribution in [0.4, 0.5) is 0 Å². The van der Waals surface area contributed by atoms with Gasteiger partial charge in [-0.15, -0.1) is 0 Å². The number of rotatable bonds is 5. The summed E-state index contributed by atoms with van der Waals surface area (Å²) in [5.74, 6) is 0.0443. The van der Waals surface area contributed by atoms with Crippen LogP contribution < -0.4 is 0 Å². The van der Waals surface area contributed by atoms with Crippen LogP contribution in [-0.2, 0) is 6.42 Å². The van der Waals surface area contributed by atoms with Gasteiger partial charge in [0.25, 0.3) is 5.91 Å². The summed E-state index contributed by atoms with van der Waals surface area (Å²) in [6, 6.07) is 11.8. The highest BCUT2D eigenvalue weighted by Gasteiger charge is 2.22. The number of benzene rings is 1. The predicted molar refractivity (Wildman–Crippen MR) is 100 cm³/mol. The summed E-state index contributed by atoms with van der Waals surface area (Å²) in [6.07, 6.45) is 0.771. The molecule has 2 aromatic heterocycles. The third kappa shape index (κ3) is 3.02. The zero-order valence-electron chi connectivity index (χ0n) is 15.3. The number of carbonyl (C=O) groups is 1. The number of carbonyl (C=O) groups excluding carboxylic acids is 1. The van der Waals surface area contributed by atoms with E-state index in [0.717, 1.165) is 34.5 Å². The van der Waals surface area contributed by atoms with Crippen molar-refractivity contribution in [2.45, 2.75) is 34.1 Å². The molecule has 0 saturated carbocycles. The SMILES string of the molecule is CCc1cc(C(=O)N(CC)CC)c2c(C)nn(-c3ccccc3)c2n1. The van der Waals surface area contributed by atoms with E-state index < -0.39 is 0 Å². The Kier molecular flexibility index (Phi) is 4.83. The van der Waals surface area contributed by atoms with E-state index in [2.05, 4.69) is 12.0 Å². The van der Waals surface area contributed by atoms with E-state index in [9.17, 15) is 4.79 Å². The first kappa shape index (κ1) is 17.1. The average Bonchev–Trinajstić information content (AvgIpc) is 2.99. The van der Waals surface area contributed by atoms with Gasteiger partial charge in [0.15, 0.2) is 5.65 Å². The molecule has 3 aromatic rings. The molecule has 3 rings (SSSR count). The zero-order valence-corrected chi connectivity index (χ0v) is 15.3. The molecule has 1 aromatic carbocycles. The number of fused-ring (bicyclic) bond motifs is 1. The summed E-state index contributed by atoms with van der Waals surface area (Å²) >= 11 is 0. The van der Waals surface area contributed by atoms with Gasteiger partial charge < -0.3 is 4.90 Å².